The summed E-state index contributed by atoms with van der Waals surface area (Å²) in [5.41, 5.74) is -0.500. The summed E-state index contributed by atoms with van der Waals surface area (Å²) in [5.74, 6) is -3.41. The van der Waals surface area contributed by atoms with Crippen molar-refractivity contribution >= 4 is 52.2 Å². The Morgan fingerprint density at radius 2 is 1.72 bits per heavy atom. The lowest BCUT2D eigenvalue weighted by atomic mass is 10.1. The number of nitro groups is 1. The van der Waals surface area contributed by atoms with E-state index >= 15 is 0 Å². The van der Waals surface area contributed by atoms with Crippen LogP contribution in [0.4, 0.5) is 11.4 Å². The molecule has 0 aliphatic carbocycles. The molecule has 1 unspecified atom stereocenters. The minimum absolute atomic E-state index is 0.0311. The number of nitrogens with zero attached hydrogens (tertiary/aromatic N) is 1. The summed E-state index contributed by atoms with van der Waals surface area (Å²) in [7, 11) is 0. The van der Waals surface area contributed by atoms with Crippen LogP contribution in [0.2, 0.25) is 10.0 Å². The molecular formula is C18H14Cl2N2O7. The number of halogens is 2. The molecule has 11 heteroatoms. The van der Waals surface area contributed by atoms with Crippen LogP contribution in [0, 0.1) is 16.0 Å². The van der Waals surface area contributed by atoms with Gasteiger partial charge in [-0.25, -0.2) is 0 Å². The molecule has 2 N–H and O–H groups in total. The summed E-state index contributed by atoms with van der Waals surface area (Å²) in [6.07, 6.45) is 0. The van der Waals surface area contributed by atoms with Gasteiger partial charge in [0.15, 0.2) is 0 Å². The predicted molar refractivity (Wildman–Crippen MR) is 105 cm³/mol. The standard InChI is InChI=1S/C18H14Cl2N2O7/c1-9(18(25)26)8-29-12-4-2-10(3-5-12)21-17(24)16(23)15-13(19)6-11(22(27)28)7-14(15)20/h2-7,9H,8H2,1H3,(H,21,24)(H,25,26). The normalized spacial score (nSPS) is 11.4. The van der Waals surface area contributed by atoms with Crippen molar-refractivity contribution in [2.24, 2.45) is 5.92 Å². The van der Waals surface area contributed by atoms with E-state index in [1.54, 1.807) is 0 Å². The Balaban J connectivity index is 2.07. The topological polar surface area (TPSA) is 136 Å². The molecule has 0 aliphatic heterocycles. The number of ketones is 1. The summed E-state index contributed by atoms with van der Waals surface area (Å²) >= 11 is 11.8. The highest BCUT2D eigenvalue weighted by atomic mass is 35.5. The number of nitro benzene ring substituents is 1. The lowest BCUT2D eigenvalue weighted by Gasteiger charge is -2.10. The van der Waals surface area contributed by atoms with E-state index in [9.17, 15) is 24.5 Å². The minimum Gasteiger partial charge on any atom is -0.493 e. The first-order chi connectivity index (χ1) is 13.6. The van der Waals surface area contributed by atoms with Gasteiger partial charge in [-0.15, -0.1) is 0 Å². The Hall–Kier alpha value is -3.17. The fourth-order valence-corrected chi connectivity index (χ4v) is 2.76. The zero-order valence-electron chi connectivity index (χ0n) is 14.8. The average molecular weight is 441 g/mol. The first-order valence-electron chi connectivity index (χ1n) is 8.05. The summed E-state index contributed by atoms with van der Waals surface area (Å²) in [4.78, 5) is 45.4. The maximum Gasteiger partial charge on any atom is 0.309 e. The number of carboxylic acids is 1. The Morgan fingerprint density at radius 3 is 2.21 bits per heavy atom. The second-order valence-corrected chi connectivity index (χ2v) is 6.71. The maximum atomic E-state index is 12.3. The first kappa shape index (κ1) is 22.1. The Bertz CT molecular complexity index is 954. The second-order valence-electron chi connectivity index (χ2n) is 5.90. The summed E-state index contributed by atoms with van der Waals surface area (Å²) in [5, 5.41) is 21.3. The molecule has 2 rings (SSSR count). The number of aliphatic carboxylic acids is 1. The van der Waals surface area contributed by atoms with E-state index in [2.05, 4.69) is 5.32 Å². The van der Waals surface area contributed by atoms with Crippen LogP contribution in [0.5, 0.6) is 5.75 Å². The molecule has 29 heavy (non-hydrogen) atoms. The molecule has 0 fully saturated rings. The Labute approximate surface area is 174 Å². The van der Waals surface area contributed by atoms with Gasteiger partial charge in [0, 0.05) is 17.8 Å². The SMILES string of the molecule is CC(COc1ccc(NC(=O)C(=O)c2c(Cl)cc([N+](=O)[O-])cc2Cl)cc1)C(=O)O. The molecule has 0 heterocycles. The molecule has 0 radical (unpaired) electrons. The van der Waals surface area contributed by atoms with Gasteiger partial charge in [0.1, 0.15) is 12.4 Å². The van der Waals surface area contributed by atoms with Crippen molar-refractivity contribution in [3.63, 3.8) is 0 Å². The van der Waals surface area contributed by atoms with E-state index in [1.165, 1.54) is 31.2 Å². The molecule has 0 spiro atoms. The van der Waals surface area contributed by atoms with Crippen LogP contribution in [-0.4, -0.2) is 34.3 Å². The summed E-state index contributed by atoms with van der Waals surface area (Å²) in [6.45, 7) is 1.47. The number of benzene rings is 2. The molecule has 152 valence electrons. The molecule has 2 aromatic carbocycles. The van der Waals surface area contributed by atoms with Gasteiger partial charge < -0.3 is 15.2 Å². The van der Waals surface area contributed by atoms with Crippen LogP contribution < -0.4 is 10.1 Å². The van der Waals surface area contributed by atoms with Crippen LogP contribution in [0.1, 0.15) is 17.3 Å². The van der Waals surface area contributed by atoms with Crippen molar-refractivity contribution in [1.82, 2.24) is 0 Å². The number of carbonyl (C=O) groups is 3. The number of ether oxygens (including phenoxy) is 1. The zero-order valence-corrected chi connectivity index (χ0v) is 16.4. The average Bonchev–Trinajstić information content (AvgIpc) is 2.66. The number of carboxylic acid groups (broad SMARTS) is 1. The fraction of sp³-hybridized carbons (Fsp3) is 0.167. The molecule has 2 aromatic rings. The van der Waals surface area contributed by atoms with E-state index < -0.39 is 34.2 Å². The Kier molecular flexibility index (Phi) is 7.13. The van der Waals surface area contributed by atoms with Gasteiger partial charge in [0.2, 0.25) is 0 Å². The predicted octanol–water partition coefficient (Wildman–Crippen LogP) is 3.82. The lowest BCUT2D eigenvalue weighted by molar-refractivity contribution is -0.384. The smallest absolute Gasteiger partial charge is 0.309 e. The highest BCUT2D eigenvalue weighted by molar-refractivity contribution is 6.53. The monoisotopic (exact) mass is 440 g/mol. The van der Waals surface area contributed by atoms with Gasteiger partial charge in [0.25, 0.3) is 17.4 Å². The maximum absolute atomic E-state index is 12.3. The van der Waals surface area contributed by atoms with E-state index in [0.717, 1.165) is 12.1 Å². The second kappa shape index (κ2) is 9.35. The number of non-ortho nitro benzene ring substituents is 1. The quantitative estimate of drug-likeness (QED) is 0.275. The number of hydrogen-bond acceptors (Lipinski definition) is 6. The summed E-state index contributed by atoms with van der Waals surface area (Å²) in [6, 6.07) is 7.73. The van der Waals surface area contributed by atoms with E-state index in [1.807, 2.05) is 0 Å². The largest absolute Gasteiger partial charge is 0.493 e. The Morgan fingerprint density at radius 1 is 1.17 bits per heavy atom. The van der Waals surface area contributed by atoms with Gasteiger partial charge in [0.05, 0.1) is 26.4 Å². The third-order valence-corrected chi connectivity index (χ3v) is 4.30. The highest BCUT2D eigenvalue weighted by Crippen LogP contribution is 2.30. The van der Waals surface area contributed by atoms with E-state index in [-0.39, 0.29) is 27.9 Å². The number of rotatable bonds is 8. The molecule has 0 bridgehead atoms. The van der Waals surface area contributed by atoms with Crippen LogP contribution in [-0.2, 0) is 9.59 Å². The van der Waals surface area contributed by atoms with Gasteiger partial charge >= 0.3 is 5.97 Å². The van der Waals surface area contributed by atoms with E-state index in [4.69, 9.17) is 33.0 Å². The van der Waals surface area contributed by atoms with Crippen LogP contribution >= 0.6 is 23.2 Å². The highest BCUT2D eigenvalue weighted by Gasteiger charge is 2.25. The zero-order chi connectivity index (χ0) is 21.7. The molecule has 1 atom stereocenters. The van der Waals surface area contributed by atoms with Crippen molar-refractivity contribution in [1.29, 1.82) is 0 Å². The van der Waals surface area contributed by atoms with Crippen LogP contribution in [0.25, 0.3) is 0 Å². The molecule has 0 saturated heterocycles. The molecule has 9 nitrogen and oxygen atoms in total. The number of Topliss-reactive ketones (excluding diaryl/α,β-unsaturated/α-hetero) is 1. The molecular weight excluding hydrogens is 427 g/mol. The van der Waals surface area contributed by atoms with Gasteiger partial charge in [-0.05, 0) is 31.2 Å². The first-order valence-corrected chi connectivity index (χ1v) is 8.80. The number of nitrogens with one attached hydrogen (secondary N) is 1. The molecule has 0 saturated carbocycles. The van der Waals surface area contributed by atoms with Gasteiger partial charge in [-0.1, -0.05) is 23.2 Å². The number of amides is 1. The number of carbonyl (C=O) groups excluding carboxylic acids is 2. The van der Waals surface area contributed by atoms with Crippen LogP contribution in [0.3, 0.4) is 0 Å². The molecule has 1 amide bonds. The van der Waals surface area contributed by atoms with Crippen molar-refractivity contribution in [3.8, 4) is 5.75 Å². The summed E-state index contributed by atoms with van der Waals surface area (Å²) < 4.78 is 5.32. The van der Waals surface area contributed by atoms with Crippen molar-refractivity contribution in [2.75, 3.05) is 11.9 Å². The third kappa shape index (κ3) is 5.66. The third-order valence-electron chi connectivity index (χ3n) is 3.70. The minimum atomic E-state index is -1.06. The van der Waals surface area contributed by atoms with Gasteiger partial charge in [-0.2, -0.15) is 0 Å². The van der Waals surface area contributed by atoms with Crippen molar-refractivity contribution in [3.05, 3.63) is 62.1 Å². The van der Waals surface area contributed by atoms with Crippen molar-refractivity contribution in [2.45, 2.75) is 6.92 Å². The van der Waals surface area contributed by atoms with Gasteiger partial charge in [-0.3, -0.25) is 24.5 Å². The molecule has 0 aromatic heterocycles. The van der Waals surface area contributed by atoms with E-state index in [0.29, 0.717) is 5.75 Å². The van der Waals surface area contributed by atoms with Crippen LogP contribution in [0.15, 0.2) is 36.4 Å². The fourth-order valence-electron chi connectivity index (χ4n) is 2.11. The number of anilines is 1. The molecule has 0 aliphatic rings. The lowest BCUT2D eigenvalue weighted by Crippen LogP contribution is -2.23. The number of hydrogen-bond donors (Lipinski definition) is 2. The van der Waals surface area contributed by atoms with Crippen molar-refractivity contribution < 1.29 is 29.2 Å².